The van der Waals surface area contributed by atoms with Gasteiger partial charge in [-0.25, -0.2) is 9.97 Å². The van der Waals surface area contributed by atoms with Crippen molar-refractivity contribution in [1.29, 1.82) is 5.26 Å². The average molecular weight is 321 g/mol. The molecule has 0 radical (unpaired) electrons. The Balaban J connectivity index is 1.87. The number of aromatic nitrogens is 2. The molecule has 1 aliphatic carbocycles. The fourth-order valence-electron chi connectivity index (χ4n) is 3.16. The van der Waals surface area contributed by atoms with Gasteiger partial charge in [0.05, 0.1) is 11.4 Å². The Kier molecular flexibility index (Phi) is 5.27. The van der Waals surface area contributed by atoms with Crippen molar-refractivity contribution in [3.63, 3.8) is 0 Å². The zero-order chi connectivity index (χ0) is 16.8. The van der Waals surface area contributed by atoms with Crippen LogP contribution in [-0.2, 0) is 0 Å². The largest absolute Gasteiger partial charge is 0.361 e. The second-order valence-corrected chi connectivity index (χ2v) is 6.32. The van der Waals surface area contributed by atoms with Crippen LogP contribution in [0.3, 0.4) is 0 Å². The summed E-state index contributed by atoms with van der Waals surface area (Å²) in [6.45, 7) is 1.94. The molecule has 0 atom stereocenters. The summed E-state index contributed by atoms with van der Waals surface area (Å²) in [5.41, 5.74) is 2.89. The van der Waals surface area contributed by atoms with Gasteiger partial charge < -0.3 is 10.6 Å². The van der Waals surface area contributed by atoms with E-state index in [1.54, 1.807) is 6.20 Å². The fraction of sp³-hybridized carbons (Fsp3) is 0.421. The molecule has 5 heteroatoms. The molecule has 0 bridgehead atoms. The van der Waals surface area contributed by atoms with Crippen LogP contribution in [0.1, 0.15) is 49.8 Å². The second kappa shape index (κ2) is 7.78. The lowest BCUT2D eigenvalue weighted by atomic mass is 10.1. The monoisotopic (exact) mass is 321 g/mol. The topological polar surface area (TPSA) is 73.6 Å². The van der Waals surface area contributed by atoms with Gasteiger partial charge in [-0.05, 0) is 37.5 Å². The van der Waals surface area contributed by atoms with E-state index in [1.807, 2.05) is 31.4 Å². The molecular formula is C19H23N5. The Labute approximate surface area is 143 Å². The van der Waals surface area contributed by atoms with Gasteiger partial charge in [0.1, 0.15) is 11.6 Å². The number of hydrogen-bond acceptors (Lipinski definition) is 5. The number of nitrogens with zero attached hydrogens (tertiary/aromatic N) is 3. The number of aryl methyl sites for hydroxylation is 1. The van der Waals surface area contributed by atoms with Gasteiger partial charge in [-0.3, -0.25) is 0 Å². The SMILES string of the molecule is Cc1cnc(NC2CCCCCC2)nc1/C(C#N)=C1/C=CC=CN1. The third-order valence-electron chi connectivity index (χ3n) is 4.49. The highest BCUT2D eigenvalue weighted by Crippen LogP contribution is 2.23. The van der Waals surface area contributed by atoms with Gasteiger partial charge in [-0.15, -0.1) is 0 Å². The highest BCUT2D eigenvalue weighted by atomic mass is 15.1. The Morgan fingerprint density at radius 2 is 2.04 bits per heavy atom. The normalized spacial score (nSPS) is 20.0. The number of hydrogen-bond donors (Lipinski definition) is 2. The van der Waals surface area contributed by atoms with Gasteiger partial charge in [0, 0.05) is 18.4 Å². The first-order valence-electron chi connectivity index (χ1n) is 8.62. The van der Waals surface area contributed by atoms with Crippen molar-refractivity contribution in [2.75, 3.05) is 5.32 Å². The minimum Gasteiger partial charge on any atom is -0.361 e. The molecule has 2 aliphatic rings. The molecule has 0 spiro atoms. The second-order valence-electron chi connectivity index (χ2n) is 6.32. The van der Waals surface area contributed by atoms with Crippen LogP contribution in [0.25, 0.3) is 5.57 Å². The maximum absolute atomic E-state index is 9.62. The van der Waals surface area contributed by atoms with E-state index in [0.29, 0.717) is 23.3 Å². The summed E-state index contributed by atoms with van der Waals surface area (Å²) in [5.74, 6) is 0.617. The molecule has 1 aromatic heterocycles. The zero-order valence-electron chi connectivity index (χ0n) is 14.0. The van der Waals surface area contributed by atoms with E-state index in [2.05, 4.69) is 26.7 Å². The predicted molar refractivity (Wildman–Crippen MR) is 95.8 cm³/mol. The van der Waals surface area contributed by atoms with E-state index in [0.717, 1.165) is 24.1 Å². The quantitative estimate of drug-likeness (QED) is 0.654. The molecule has 5 nitrogen and oxygen atoms in total. The van der Waals surface area contributed by atoms with Gasteiger partial charge in [0.25, 0.3) is 0 Å². The molecule has 24 heavy (non-hydrogen) atoms. The van der Waals surface area contributed by atoms with E-state index in [1.165, 1.54) is 25.7 Å². The summed E-state index contributed by atoms with van der Waals surface area (Å²) in [5, 5.41) is 16.2. The molecule has 1 aromatic rings. The van der Waals surface area contributed by atoms with Crippen molar-refractivity contribution >= 4 is 11.5 Å². The number of allylic oxidation sites excluding steroid dienone is 4. The van der Waals surface area contributed by atoms with Crippen LogP contribution in [0.15, 0.2) is 36.3 Å². The maximum Gasteiger partial charge on any atom is 0.223 e. The molecule has 2 N–H and O–H groups in total. The summed E-state index contributed by atoms with van der Waals surface area (Å²) >= 11 is 0. The molecule has 1 aliphatic heterocycles. The Morgan fingerprint density at radius 3 is 2.71 bits per heavy atom. The van der Waals surface area contributed by atoms with E-state index >= 15 is 0 Å². The van der Waals surface area contributed by atoms with E-state index < -0.39 is 0 Å². The highest BCUT2D eigenvalue weighted by molar-refractivity contribution is 5.80. The summed E-state index contributed by atoms with van der Waals surface area (Å²) in [4.78, 5) is 9.06. The van der Waals surface area contributed by atoms with Gasteiger partial charge in [-0.1, -0.05) is 31.8 Å². The van der Waals surface area contributed by atoms with Crippen LogP contribution in [0.2, 0.25) is 0 Å². The lowest BCUT2D eigenvalue weighted by Gasteiger charge is -2.17. The van der Waals surface area contributed by atoms with Gasteiger partial charge in [-0.2, -0.15) is 5.26 Å². The third kappa shape index (κ3) is 3.83. The van der Waals surface area contributed by atoms with Crippen molar-refractivity contribution < 1.29 is 0 Å². The molecule has 1 fully saturated rings. The molecule has 0 saturated heterocycles. The minimum absolute atomic E-state index is 0.428. The van der Waals surface area contributed by atoms with Crippen LogP contribution < -0.4 is 10.6 Å². The van der Waals surface area contributed by atoms with Crippen molar-refractivity contribution in [3.05, 3.63) is 47.6 Å². The van der Waals surface area contributed by atoms with Gasteiger partial charge >= 0.3 is 0 Å². The minimum atomic E-state index is 0.428. The zero-order valence-corrected chi connectivity index (χ0v) is 14.0. The summed E-state index contributed by atoms with van der Waals surface area (Å²) in [6, 6.07) is 2.71. The van der Waals surface area contributed by atoms with Gasteiger partial charge in [0.2, 0.25) is 5.95 Å². The first-order valence-corrected chi connectivity index (χ1v) is 8.62. The standard InChI is InChI=1S/C19H23N5/c1-14-13-22-19(23-15-8-4-2-3-5-9-15)24-18(14)16(12-20)17-10-6-7-11-21-17/h6-7,10-11,13,15,21H,2-5,8-9H2,1H3,(H,22,23,24)/b17-16-. The van der Waals surface area contributed by atoms with Crippen LogP contribution in [0.5, 0.6) is 0 Å². The molecule has 0 unspecified atom stereocenters. The van der Waals surface area contributed by atoms with Crippen LogP contribution in [0, 0.1) is 18.3 Å². The third-order valence-corrected chi connectivity index (χ3v) is 4.49. The first-order chi connectivity index (χ1) is 11.8. The van der Waals surface area contributed by atoms with Crippen molar-refractivity contribution in [3.8, 4) is 6.07 Å². The maximum atomic E-state index is 9.62. The molecule has 0 amide bonds. The predicted octanol–water partition coefficient (Wildman–Crippen LogP) is 3.83. The Bertz CT molecular complexity index is 716. The van der Waals surface area contributed by atoms with Gasteiger partial charge in [0.15, 0.2) is 0 Å². The molecular weight excluding hydrogens is 298 g/mol. The number of anilines is 1. The van der Waals surface area contributed by atoms with Crippen LogP contribution in [0.4, 0.5) is 5.95 Å². The summed E-state index contributed by atoms with van der Waals surface area (Å²) in [6.07, 6.45) is 16.8. The van der Waals surface area contributed by atoms with Crippen molar-refractivity contribution in [2.45, 2.75) is 51.5 Å². The number of dihydropyridines is 1. The summed E-state index contributed by atoms with van der Waals surface area (Å²) < 4.78 is 0. The van der Waals surface area contributed by atoms with Crippen molar-refractivity contribution in [1.82, 2.24) is 15.3 Å². The number of nitrogens with one attached hydrogen (secondary N) is 2. The Morgan fingerprint density at radius 1 is 1.25 bits per heavy atom. The number of rotatable bonds is 3. The van der Waals surface area contributed by atoms with E-state index in [9.17, 15) is 5.26 Å². The Hall–Kier alpha value is -2.61. The van der Waals surface area contributed by atoms with Crippen LogP contribution in [-0.4, -0.2) is 16.0 Å². The smallest absolute Gasteiger partial charge is 0.223 e. The molecule has 124 valence electrons. The first kappa shape index (κ1) is 16.3. The lowest BCUT2D eigenvalue weighted by molar-refractivity contribution is 0.614. The fourth-order valence-corrected chi connectivity index (χ4v) is 3.16. The van der Waals surface area contributed by atoms with E-state index in [-0.39, 0.29) is 0 Å². The molecule has 2 heterocycles. The summed E-state index contributed by atoms with van der Waals surface area (Å²) in [7, 11) is 0. The van der Waals surface area contributed by atoms with Crippen molar-refractivity contribution in [2.24, 2.45) is 0 Å². The highest BCUT2D eigenvalue weighted by Gasteiger charge is 2.16. The molecule has 1 saturated carbocycles. The number of nitriles is 1. The van der Waals surface area contributed by atoms with Crippen LogP contribution >= 0.6 is 0 Å². The van der Waals surface area contributed by atoms with E-state index in [4.69, 9.17) is 0 Å². The lowest BCUT2D eigenvalue weighted by Crippen LogP contribution is -2.20. The molecule has 3 rings (SSSR count). The molecule has 0 aromatic carbocycles. The average Bonchev–Trinajstić information content (AvgIpc) is 2.88.